The highest BCUT2D eigenvalue weighted by molar-refractivity contribution is 6.04. The van der Waals surface area contributed by atoms with E-state index in [1.165, 1.54) is 0 Å². The number of rotatable bonds is 6. The van der Waals surface area contributed by atoms with Crippen molar-refractivity contribution in [1.29, 1.82) is 0 Å². The monoisotopic (exact) mass is 388 g/mol. The average Bonchev–Trinajstić information content (AvgIpc) is 2.74. The predicted octanol–water partition coefficient (Wildman–Crippen LogP) is 4.09. The van der Waals surface area contributed by atoms with Crippen LogP contribution >= 0.6 is 0 Å². The van der Waals surface area contributed by atoms with Gasteiger partial charge in [-0.3, -0.25) is 14.6 Å². The lowest BCUT2D eigenvalue weighted by Gasteiger charge is -2.16. The van der Waals surface area contributed by atoms with Crippen molar-refractivity contribution in [3.63, 3.8) is 0 Å². The maximum atomic E-state index is 12.8. The molecule has 6 heteroatoms. The van der Waals surface area contributed by atoms with E-state index in [0.717, 1.165) is 22.5 Å². The lowest BCUT2D eigenvalue weighted by molar-refractivity contribution is 0.0945. The Labute approximate surface area is 170 Å². The molecule has 1 aromatic carbocycles. The number of aryl methyl sites for hydroxylation is 1. The Morgan fingerprint density at radius 1 is 0.931 bits per heavy atom. The fraction of sp³-hybridized carbons (Fsp3) is 0.217. The molecule has 3 aromatic rings. The number of pyridine rings is 2. The van der Waals surface area contributed by atoms with Crippen molar-refractivity contribution in [3.05, 3.63) is 89.0 Å². The first-order chi connectivity index (χ1) is 14.0. The zero-order valence-corrected chi connectivity index (χ0v) is 16.8. The van der Waals surface area contributed by atoms with Crippen LogP contribution in [0.15, 0.2) is 60.8 Å². The first-order valence-corrected chi connectivity index (χ1v) is 9.51. The van der Waals surface area contributed by atoms with Gasteiger partial charge in [0.05, 0.1) is 12.2 Å². The minimum atomic E-state index is -0.357. The van der Waals surface area contributed by atoms with Crippen molar-refractivity contribution >= 4 is 17.5 Å². The second-order valence-electron chi connectivity index (χ2n) is 7.06. The highest BCUT2D eigenvalue weighted by Gasteiger charge is 2.16. The first-order valence-electron chi connectivity index (χ1n) is 9.51. The van der Waals surface area contributed by atoms with Crippen LogP contribution in [0.2, 0.25) is 0 Å². The summed E-state index contributed by atoms with van der Waals surface area (Å²) in [4.78, 5) is 33.6. The Morgan fingerprint density at radius 3 is 2.34 bits per heavy atom. The fourth-order valence-corrected chi connectivity index (χ4v) is 2.97. The SMILES string of the molecule is Cc1cccc(C(C)C)c1NC(=O)c1cccc(C(=O)NCc2ccccn2)n1. The van der Waals surface area contributed by atoms with E-state index in [4.69, 9.17) is 0 Å². The molecular weight excluding hydrogens is 364 g/mol. The van der Waals surface area contributed by atoms with Crippen LogP contribution in [0.3, 0.4) is 0 Å². The summed E-state index contributed by atoms with van der Waals surface area (Å²) in [6.07, 6.45) is 1.67. The Hall–Kier alpha value is -3.54. The third-order valence-corrected chi connectivity index (χ3v) is 4.54. The smallest absolute Gasteiger partial charge is 0.274 e. The molecule has 3 rings (SSSR count). The third kappa shape index (κ3) is 5.04. The van der Waals surface area contributed by atoms with Gasteiger partial charge in [0, 0.05) is 11.9 Å². The summed E-state index contributed by atoms with van der Waals surface area (Å²) in [5.74, 6) is -0.438. The number of nitrogens with zero attached hydrogens (tertiary/aromatic N) is 2. The van der Waals surface area contributed by atoms with E-state index in [2.05, 4.69) is 34.4 Å². The number of benzene rings is 1. The Bertz CT molecular complexity index is 1020. The van der Waals surface area contributed by atoms with E-state index in [1.807, 2.05) is 43.3 Å². The number of carbonyl (C=O) groups is 2. The molecule has 2 amide bonds. The molecule has 2 aromatic heterocycles. The predicted molar refractivity (Wildman–Crippen MR) is 113 cm³/mol. The van der Waals surface area contributed by atoms with Crippen LogP contribution in [0, 0.1) is 6.92 Å². The molecule has 0 spiro atoms. The largest absolute Gasteiger partial charge is 0.345 e. The lowest BCUT2D eigenvalue weighted by Crippen LogP contribution is -2.25. The second-order valence-corrected chi connectivity index (χ2v) is 7.06. The van der Waals surface area contributed by atoms with Gasteiger partial charge in [-0.15, -0.1) is 0 Å². The number of hydrogen-bond donors (Lipinski definition) is 2. The standard InChI is InChI=1S/C23H24N4O2/c1-15(2)18-10-6-8-16(3)21(18)27-23(29)20-12-7-11-19(26-20)22(28)25-14-17-9-4-5-13-24-17/h4-13,15H,14H2,1-3H3,(H,25,28)(H,27,29). The molecule has 0 radical (unpaired) electrons. The van der Waals surface area contributed by atoms with E-state index in [9.17, 15) is 9.59 Å². The molecule has 0 fully saturated rings. The van der Waals surface area contributed by atoms with Gasteiger partial charge in [-0.2, -0.15) is 0 Å². The highest BCUT2D eigenvalue weighted by atomic mass is 16.2. The second kappa shape index (κ2) is 9.10. The Kier molecular flexibility index (Phi) is 6.34. The topological polar surface area (TPSA) is 84.0 Å². The molecule has 148 valence electrons. The number of anilines is 1. The number of nitrogens with one attached hydrogen (secondary N) is 2. The fourth-order valence-electron chi connectivity index (χ4n) is 2.97. The zero-order valence-electron chi connectivity index (χ0n) is 16.8. The van der Waals surface area contributed by atoms with E-state index < -0.39 is 0 Å². The Balaban J connectivity index is 1.74. The lowest BCUT2D eigenvalue weighted by atomic mass is 9.98. The van der Waals surface area contributed by atoms with E-state index in [0.29, 0.717) is 6.54 Å². The van der Waals surface area contributed by atoms with Crippen molar-refractivity contribution in [1.82, 2.24) is 15.3 Å². The van der Waals surface area contributed by atoms with Gasteiger partial charge in [-0.25, -0.2) is 4.98 Å². The first kappa shape index (κ1) is 20.2. The molecule has 0 bridgehead atoms. The van der Waals surface area contributed by atoms with Gasteiger partial charge in [0.1, 0.15) is 11.4 Å². The molecule has 0 saturated heterocycles. The van der Waals surface area contributed by atoms with Crippen LogP contribution in [0.25, 0.3) is 0 Å². The van der Waals surface area contributed by atoms with Crippen molar-refractivity contribution in [3.8, 4) is 0 Å². The third-order valence-electron chi connectivity index (χ3n) is 4.54. The molecule has 0 aliphatic heterocycles. The van der Waals surface area contributed by atoms with Gasteiger partial charge in [0.15, 0.2) is 0 Å². The Morgan fingerprint density at radius 2 is 1.66 bits per heavy atom. The van der Waals surface area contributed by atoms with Crippen LogP contribution in [0.1, 0.15) is 57.6 Å². The maximum Gasteiger partial charge on any atom is 0.274 e. The number of amides is 2. The highest BCUT2D eigenvalue weighted by Crippen LogP contribution is 2.27. The van der Waals surface area contributed by atoms with Crippen LogP contribution < -0.4 is 10.6 Å². The molecule has 0 atom stereocenters. The van der Waals surface area contributed by atoms with Gasteiger partial charge in [-0.05, 0) is 48.2 Å². The molecule has 0 unspecified atom stereocenters. The molecular formula is C23H24N4O2. The van der Waals surface area contributed by atoms with Crippen LogP contribution in [0.4, 0.5) is 5.69 Å². The van der Waals surface area contributed by atoms with E-state index in [1.54, 1.807) is 24.4 Å². The van der Waals surface area contributed by atoms with Gasteiger partial charge in [-0.1, -0.05) is 44.2 Å². The summed E-state index contributed by atoms with van der Waals surface area (Å²) in [7, 11) is 0. The van der Waals surface area contributed by atoms with Gasteiger partial charge >= 0.3 is 0 Å². The molecule has 0 saturated carbocycles. The average molecular weight is 388 g/mol. The molecule has 29 heavy (non-hydrogen) atoms. The molecule has 2 heterocycles. The summed E-state index contributed by atoms with van der Waals surface area (Å²) in [5, 5.41) is 5.73. The molecule has 2 N–H and O–H groups in total. The van der Waals surface area contributed by atoms with Crippen LogP contribution in [0.5, 0.6) is 0 Å². The van der Waals surface area contributed by atoms with Gasteiger partial charge < -0.3 is 10.6 Å². The summed E-state index contributed by atoms with van der Waals surface area (Å²) in [5.41, 5.74) is 3.95. The zero-order chi connectivity index (χ0) is 20.8. The normalized spacial score (nSPS) is 10.6. The molecule has 6 nitrogen and oxygen atoms in total. The van der Waals surface area contributed by atoms with E-state index in [-0.39, 0.29) is 29.1 Å². The number of hydrogen-bond acceptors (Lipinski definition) is 4. The minimum absolute atomic E-state index is 0.183. The van der Waals surface area contributed by atoms with Crippen molar-refractivity contribution < 1.29 is 9.59 Å². The van der Waals surface area contributed by atoms with Crippen molar-refractivity contribution in [2.24, 2.45) is 0 Å². The number of para-hydroxylation sites is 1. The quantitative estimate of drug-likeness (QED) is 0.666. The summed E-state index contributed by atoms with van der Waals surface area (Å²) in [6, 6.07) is 16.3. The van der Waals surface area contributed by atoms with Crippen molar-refractivity contribution in [2.75, 3.05) is 5.32 Å². The van der Waals surface area contributed by atoms with Gasteiger partial charge in [0.25, 0.3) is 11.8 Å². The summed E-state index contributed by atoms with van der Waals surface area (Å²) >= 11 is 0. The summed E-state index contributed by atoms with van der Waals surface area (Å²) in [6.45, 7) is 6.40. The molecule has 0 aliphatic rings. The maximum absolute atomic E-state index is 12.8. The summed E-state index contributed by atoms with van der Waals surface area (Å²) < 4.78 is 0. The van der Waals surface area contributed by atoms with Gasteiger partial charge in [0.2, 0.25) is 0 Å². The van der Waals surface area contributed by atoms with Crippen LogP contribution in [-0.4, -0.2) is 21.8 Å². The minimum Gasteiger partial charge on any atom is -0.345 e. The van der Waals surface area contributed by atoms with Crippen molar-refractivity contribution in [2.45, 2.75) is 33.2 Å². The number of carbonyl (C=O) groups excluding carboxylic acids is 2. The molecule has 0 aliphatic carbocycles. The van der Waals surface area contributed by atoms with Crippen LogP contribution in [-0.2, 0) is 6.54 Å². The van der Waals surface area contributed by atoms with E-state index >= 15 is 0 Å². The number of aromatic nitrogens is 2.